The van der Waals surface area contributed by atoms with Crippen LogP contribution in [0.3, 0.4) is 0 Å². The Morgan fingerprint density at radius 1 is 0.846 bits per heavy atom. The summed E-state index contributed by atoms with van der Waals surface area (Å²) in [5, 5.41) is -0.682. The first-order valence-corrected chi connectivity index (χ1v) is 4.70. The SMILES string of the molecule is O=C1C(Cl)=C(Cl)C(=NCl)C(Cl)=C1Cl. The van der Waals surface area contributed by atoms with Gasteiger partial charge in [-0.05, 0) is 0 Å². The molecule has 2 nitrogen and oxygen atoms in total. The van der Waals surface area contributed by atoms with Crippen molar-refractivity contribution in [1.29, 1.82) is 0 Å². The molecule has 0 amide bonds. The van der Waals surface area contributed by atoms with Gasteiger partial charge in [-0.1, -0.05) is 46.4 Å². The number of halogens is 5. The second kappa shape index (κ2) is 4.20. The first kappa shape index (κ1) is 11.3. The number of allylic oxidation sites excluding steroid dienone is 4. The second-order valence-electron chi connectivity index (χ2n) is 2.02. The van der Waals surface area contributed by atoms with Crippen LogP contribution in [0.15, 0.2) is 24.6 Å². The van der Waals surface area contributed by atoms with Crippen LogP contribution in [0.5, 0.6) is 0 Å². The van der Waals surface area contributed by atoms with Gasteiger partial charge in [0.2, 0.25) is 5.78 Å². The highest BCUT2D eigenvalue weighted by atomic mass is 35.5. The molecule has 0 fully saturated rings. The number of rotatable bonds is 0. The van der Waals surface area contributed by atoms with Crippen LogP contribution in [0.2, 0.25) is 0 Å². The zero-order chi connectivity index (χ0) is 10.2. The van der Waals surface area contributed by atoms with Gasteiger partial charge in [0.15, 0.2) is 0 Å². The summed E-state index contributed by atoms with van der Waals surface area (Å²) in [6.07, 6.45) is 0. The molecule has 0 saturated carbocycles. The van der Waals surface area contributed by atoms with Gasteiger partial charge in [-0.3, -0.25) is 4.79 Å². The van der Waals surface area contributed by atoms with E-state index in [1.54, 1.807) is 0 Å². The van der Waals surface area contributed by atoms with Gasteiger partial charge in [0, 0.05) is 11.8 Å². The Labute approximate surface area is 98.9 Å². The van der Waals surface area contributed by atoms with Gasteiger partial charge < -0.3 is 0 Å². The number of carbonyl (C=O) groups is 1. The molecule has 0 aromatic rings. The molecule has 0 aliphatic heterocycles. The number of hydrogen-bond donors (Lipinski definition) is 0. The number of Topliss-reactive ketones (excluding diaryl/α,β-unsaturated/α-hetero) is 1. The van der Waals surface area contributed by atoms with Crippen LogP contribution in [-0.2, 0) is 4.79 Å². The van der Waals surface area contributed by atoms with Gasteiger partial charge in [0.1, 0.15) is 15.8 Å². The number of hydrogen-bond acceptors (Lipinski definition) is 2. The van der Waals surface area contributed by atoms with E-state index in [1.165, 1.54) is 0 Å². The van der Waals surface area contributed by atoms with Crippen LogP contribution in [0.4, 0.5) is 0 Å². The molecule has 0 bridgehead atoms. The zero-order valence-electron chi connectivity index (χ0n) is 5.75. The fourth-order valence-corrected chi connectivity index (χ4v) is 1.84. The largest absolute Gasteiger partial charge is 0.286 e. The number of ketones is 1. The van der Waals surface area contributed by atoms with Gasteiger partial charge >= 0.3 is 0 Å². The molecule has 0 N–H and O–H groups in total. The smallest absolute Gasteiger partial charge is 0.218 e. The summed E-state index contributed by atoms with van der Waals surface area (Å²) < 4.78 is 3.23. The van der Waals surface area contributed by atoms with E-state index in [0.29, 0.717) is 0 Å². The normalized spacial score (nSPS) is 18.5. The van der Waals surface area contributed by atoms with Gasteiger partial charge in [0.25, 0.3) is 0 Å². The molecule has 0 spiro atoms. The lowest BCUT2D eigenvalue weighted by Gasteiger charge is -2.11. The lowest BCUT2D eigenvalue weighted by molar-refractivity contribution is -0.111. The molecule has 0 aromatic carbocycles. The van der Waals surface area contributed by atoms with Crippen molar-refractivity contribution in [2.24, 2.45) is 4.51 Å². The van der Waals surface area contributed by atoms with E-state index in [-0.39, 0.29) is 25.8 Å². The summed E-state index contributed by atoms with van der Waals surface area (Å²) >= 11 is 27.5. The van der Waals surface area contributed by atoms with Crippen molar-refractivity contribution in [3.63, 3.8) is 0 Å². The number of carbonyl (C=O) groups excluding carboxylic acids is 1. The first-order chi connectivity index (χ1) is 6.00. The molecular weight excluding hydrogens is 279 g/mol. The maximum atomic E-state index is 11.2. The predicted octanol–water partition coefficient (Wildman–Crippen LogP) is 3.54. The molecule has 1 rings (SSSR count). The predicted molar refractivity (Wildman–Crippen MR) is 55.8 cm³/mol. The van der Waals surface area contributed by atoms with E-state index in [2.05, 4.69) is 4.51 Å². The topological polar surface area (TPSA) is 29.4 Å². The lowest BCUT2D eigenvalue weighted by Crippen LogP contribution is -2.14. The first-order valence-electron chi connectivity index (χ1n) is 2.85. The van der Waals surface area contributed by atoms with Crippen LogP contribution in [0.1, 0.15) is 0 Å². The van der Waals surface area contributed by atoms with Crippen molar-refractivity contribution >= 4 is 69.7 Å². The minimum absolute atomic E-state index is 0.000370. The Kier molecular flexibility index (Phi) is 3.66. The molecule has 70 valence electrons. The van der Waals surface area contributed by atoms with Crippen LogP contribution < -0.4 is 0 Å². The monoisotopic (exact) mass is 277 g/mol. The third-order valence-corrected chi connectivity index (χ3v) is 3.10. The summed E-state index contributed by atoms with van der Waals surface area (Å²) in [6.45, 7) is 0. The maximum Gasteiger partial charge on any atom is 0.218 e. The third kappa shape index (κ3) is 1.88. The summed E-state index contributed by atoms with van der Waals surface area (Å²) in [5.41, 5.74) is -0.000370. The molecular formula is C6Cl5NO. The van der Waals surface area contributed by atoms with Crippen molar-refractivity contribution in [3.8, 4) is 0 Å². The average molecular weight is 279 g/mol. The fraction of sp³-hybridized carbons (Fsp3) is 0. The summed E-state index contributed by atoms with van der Waals surface area (Å²) in [4.78, 5) is 11.2. The van der Waals surface area contributed by atoms with Crippen molar-refractivity contribution in [2.45, 2.75) is 0 Å². The minimum Gasteiger partial charge on any atom is -0.286 e. The van der Waals surface area contributed by atoms with Gasteiger partial charge in [-0.25, -0.2) is 0 Å². The standard InChI is InChI=1S/C6Cl5NO/c7-1-3(9)6(13)4(10)2(8)5(1)12-11. The molecule has 13 heavy (non-hydrogen) atoms. The highest BCUT2D eigenvalue weighted by Gasteiger charge is 2.29. The Morgan fingerprint density at radius 2 is 1.23 bits per heavy atom. The van der Waals surface area contributed by atoms with E-state index in [9.17, 15) is 4.79 Å². The van der Waals surface area contributed by atoms with Crippen LogP contribution in [0.25, 0.3) is 0 Å². The number of nitrogens with zero attached hydrogens (tertiary/aromatic N) is 1. The summed E-state index contributed by atoms with van der Waals surface area (Å²) in [6, 6.07) is 0. The van der Waals surface area contributed by atoms with Gasteiger partial charge in [-0.2, -0.15) is 4.51 Å². The van der Waals surface area contributed by atoms with Crippen LogP contribution >= 0.6 is 58.2 Å². The lowest BCUT2D eigenvalue weighted by atomic mass is 10.1. The Balaban J connectivity index is 3.38. The second-order valence-corrected chi connectivity index (χ2v) is 3.70. The molecule has 7 heteroatoms. The van der Waals surface area contributed by atoms with E-state index >= 15 is 0 Å². The summed E-state index contributed by atoms with van der Waals surface area (Å²) in [5.74, 6) is -0.637. The Bertz CT molecular complexity index is 337. The van der Waals surface area contributed by atoms with Gasteiger partial charge in [0.05, 0.1) is 10.1 Å². The third-order valence-electron chi connectivity index (χ3n) is 1.28. The maximum absolute atomic E-state index is 11.2. The molecule has 0 unspecified atom stereocenters. The van der Waals surface area contributed by atoms with Gasteiger partial charge in [-0.15, -0.1) is 0 Å². The van der Waals surface area contributed by atoms with Crippen LogP contribution in [0, 0.1) is 0 Å². The Hall–Kier alpha value is 0.270. The minimum atomic E-state index is -0.637. The van der Waals surface area contributed by atoms with Crippen LogP contribution in [-0.4, -0.2) is 11.5 Å². The summed E-state index contributed by atoms with van der Waals surface area (Å²) in [7, 11) is 0. The highest BCUT2D eigenvalue weighted by Crippen LogP contribution is 2.34. The fourth-order valence-electron chi connectivity index (χ4n) is 0.674. The molecule has 0 atom stereocenters. The molecule has 1 aliphatic carbocycles. The highest BCUT2D eigenvalue weighted by molar-refractivity contribution is 6.70. The van der Waals surface area contributed by atoms with Crippen molar-refractivity contribution in [1.82, 2.24) is 0 Å². The van der Waals surface area contributed by atoms with E-state index in [0.717, 1.165) is 0 Å². The quantitative estimate of drug-likeness (QED) is 0.624. The molecule has 0 saturated heterocycles. The van der Waals surface area contributed by atoms with Crippen molar-refractivity contribution < 1.29 is 4.79 Å². The molecule has 0 aromatic heterocycles. The molecule has 1 aliphatic rings. The zero-order valence-corrected chi connectivity index (χ0v) is 9.52. The van der Waals surface area contributed by atoms with E-state index in [1.807, 2.05) is 0 Å². The van der Waals surface area contributed by atoms with E-state index < -0.39 is 5.78 Å². The molecule has 0 radical (unpaired) electrons. The van der Waals surface area contributed by atoms with Crippen molar-refractivity contribution in [3.05, 3.63) is 20.1 Å². The molecule has 0 heterocycles. The van der Waals surface area contributed by atoms with E-state index in [4.69, 9.17) is 58.2 Å². The van der Waals surface area contributed by atoms with Crippen molar-refractivity contribution in [2.75, 3.05) is 0 Å². The average Bonchev–Trinajstić information content (AvgIpc) is 2.13. The Morgan fingerprint density at radius 3 is 1.54 bits per heavy atom.